The van der Waals surface area contributed by atoms with E-state index in [1.165, 1.54) is 0 Å². The van der Waals surface area contributed by atoms with E-state index >= 15 is 0 Å². The summed E-state index contributed by atoms with van der Waals surface area (Å²) in [4.78, 5) is 4.37. The number of benzene rings is 1. The van der Waals surface area contributed by atoms with Crippen LogP contribution in [0.4, 0.5) is 0 Å². The molecule has 86 valence electrons. The summed E-state index contributed by atoms with van der Waals surface area (Å²) < 4.78 is 7.37. The Bertz CT molecular complexity index is 667. The van der Waals surface area contributed by atoms with Crippen LogP contribution in [0, 0.1) is 6.92 Å². The Morgan fingerprint density at radius 1 is 1.29 bits per heavy atom. The third-order valence-electron chi connectivity index (χ3n) is 2.82. The van der Waals surface area contributed by atoms with Crippen LogP contribution in [0.2, 0.25) is 0 Å². The molecule has 1 N–H and O–H groups in total. The van der Waals surface area contributed by atoms with Gasteiger partial charge in [-0.1, -0.05) is 12.1 Å². The number of fused-ring (bicyclic) bond motifs is 1. The Kier molecular flexibility index (Phi) is 2.23. The minimum Gasteiger partial charge on any atom is -0.442 e. The van der Waals surface area contributed by atoms with E-state index in [2.05, 4.69) is 4.98 Å². The summed E-state index contributed by atoms with van der Waals surface area (Å²) >= 11 is 0. The summed E-state index contributed by atoms with van der Waals surface area (Å²) in [6, 6.07) is 9.61. The molecule has 4 nitrogen and oxygen atoms in total. The van der Waals surface area contributed by atoms with Crippen LogP contribution >= 0.6 is 0 Å². The molecule has 0 atom stereocenters. The van der Waals surface area contributed by atoms with Gasteiger partial charge in [0.2, 0.25) is 5.88 Å². The summed E-state index contributed by atoms with van der Waals surface area (Å²) in [5.41, 5.74) is 3.11. The van der Waals surface area contributed by atoms with Gasteiger partial charge in [0.1, 0.15) is 18.7 Å². The molecule has 0 saturated heterocycles. The number of aromatic nitrogens is 2. The van der Waals surface area contributed by atoms with Crippen LogP contribution in [0.5, 0.6) is 0 Å². The van der Waals surface area contributed by atoms with Gasteiger partial charge in [-0.25, -0.2) is 4.98 Å². The SMILES string of the molecule is Cc1cccc2c1ncn2-c1ccc(CO)o1. The molecule has 17 heavy (non-hydrogen) atoms. The molecule has 3 rings (SSSR count). The van der Waals surface area contributed by atoms with E-state index in [1.54, 1.807) is 12.4 Å². The Morgan fingerprint density at radius 3 is 2.94 bits per heavy atom. The number of imidazole rings is 1. The van der Waals surface area contributed by atoms with Gasteiger partial charge in [0.25, 0.3) is 0 Å². The van der Waals surface area contributed by atoms with Crippen molar-refractivity contribution in [3.8, 4) is 5.88 Å². The van der Waals surface area contributed by atoms with Gasteiger partial charge in [-0.2, -0.15) is 0 Å². The van der Waals surface area contributed by atoms with E-state index in [-0.39, 0.29) is 6.61 Å². The smallest absolute Gasteiger partial charge is 0.205 e. The molecule has 0 saturated carbocycles. The lowest BCUT2D eigenvalue weighted by molar-refractivity contribution is 0.246. The van der Waals surface area contributed by atoms with Crippen molar-refractivity contribution in [2.45, 2.75) is 13.5 Å². The third kappa shape index (κ3) is 1.54. The minimum absolute atomic E-state index is 0.0916. The minimum atomic E-state index is -0.0916. The molecule has 3 aromatic rings. The highest BCUT2D eigenvalue weighted by Crippen LogP contribution is 2.22. The average molecular weight is 228 g/mol. The summed E-state index contributed by atoms with van der Waals surface area (Å²) in [7, 11) is 0. The van der Waals surface area contributed by atoms with Crippen molar-refractivity contribution in [1.82, 2.24) is 9.55 Å². The normalized spacial score (nSPS) is 11.2. The highest BCUT2D eigenvalue weighted by Gasteiger charge is 2.09. The van der Waals surface area contributed by atoms with Crippen molar-refractivity contribution in [3.63, 3.8) is 0 Å². The van der Waals surface area contributed by atoms with E-state index < -0.39 is 0 Å². The van der Waals surface area contributed by atoms with Crippen LogP contribution in [0.15, 0.2) is 41.1 Å². The lowest BCUT2D eigenvalue weighted by Crippen LogP contribution is -1.89. The molecule has 0 fully saturated rings. The van der Waals surface area contributed by atoms with Crippen LogP contribution in [0.25, 0.3) is 16.9 Å². The van der Waals surface area contributed by atoms with Crippen LogP contribution in [-0.2, 0) is 6.61 Å². The molecule has 0 spiro atoms. The van der Waals surface area contributed by atoms with Gasteiger partial charge in [0.05, 0.1) is 11.0 Å². The first kappa shape index (κ1) is 10.1. The Balaban J connectivity index is 2.20. The number of aliphatic hydroxyl groups excluding tert-OH is 1. The van der Waals surface area contributed by atoms with Crippen molar-refractivity contribution in [2.75, 3.05) is 0 Å². The molecule has 0 radical (unpaired) electrons. The summed E-state index contributed by atoms with van der Waals surface area (Å²) in [6.07, 6.45) is 1.73. The largest absolute Gasteiger partial charge is 0.442 e. The first-order chi connectivity index (χ1) is 8.29. The van der Waals surface area contributed by atoms with Crippen molar-refractivity contribution in [2.24, 2.45) is 0 Å². The number of hydrogen-bond donors (Lipinski definition) is 1. The summed E-state index contributed by atoms with van der Waals surface area (Å²) in [6.45, 7) is 1.94. The molecular formula is C13H12N2O2. The fourth-order valence-electron chi connectivity index (χ4n) is 1.94. The van der Waals surface area contributed by atoms with Gasteiger partial charge in [-0.05, 0) is 24.6 Å². The standard InChI is InChI=1S/C13H12N2O2/c1-9-3-2-4-11-13(9)14-8-15(11)12-6-5-10(7-16)17-12/h2-6,8,16H,7H2,1H3. The lowest BCUT2D eigenvalue weighted by Gasteiger charge is -2.00. The van der Waals surface area contributed by atoms with Crippen molar-refractivity contribution in [3.05, 3.63) is 48.0 Å². The molecule has 0 aliphatic rings. The Hall–Kier alpha value is -2.07. The molecular weight excluding hydrogens is 216 g/mol. The summed E-state index contributed by atoms with van der Waals surface area (Å²) in [5, 5.41) is 8.99. The fraction of sp³-hybridized carbons (Fsp3) is 0.154. The topological polar surface area (TPSA) is 51.2 Å². The van der Waals surface area contributed by atoms with Gasteiger partial charge >= 0.3 is 0 Å². The molecule has 0 aliphatic heterocycles. The van der Waals surface area contributed by atoms with E-state index in [9.17, 15) is 0 Å². The maximum Gasteiger partial charge on any atom is 0.205 e. The van der Waals surface area contributed by atoms with Gasteiger partial charge in [0, 0.05) is 6.07 Å². The van der Waals surface area contributed by atoms with E-state index in [0.717, 1.165) is 16.6 Å². The zero-order chi connectivity index (χ0) is 11.8. The maximum atomic E-state index is 8.99. The highest BCUT2D eigenvalue weighted by atomic mass is 16.4. The third-order valence-corrected chi connectivity index (χ3v) is 2.82. The number of hydrogen-bond acceptors (Lipinski definition) is 3. The average Bonchev–Trinajstić information content (AvgIpc) is 2.94. The number of aryl methyl sites for hydroxylation is 1. The highest BCUT2D eigenvalue weighted by molar-refractivity contribution is 5.80. The Morgan fingerprint density at radius 2 is 2.18 bits per heavy atom. The molecule has 1 aromatic carbocycles. The number of rotatable bonds is 2. The molecule has 0 amide bonds. The van der Waals surface area contributed by atoms with Crippen LogP contribution in [0.1, 0.15) is 11.3 Å². The van der Waals surface area contributed by atoms with Crippen LogP contribution in [0.3, 0.4) is 0 Å². The van der Waals surface area contributed by atoms with Gasteiger partial charge < -0.3 is 9.52 Å². The first-order valence-electron chi connectivity index (χ1n) is 5.42. The predicted molar refractivity (Wildman–Crippen MR) is 64.0 cm³/mol. The second-order valence-corrected chi connectivity index (χ2v) is 3.96. The fourth-order valence-corrected chi connectivity index (χ4v) is 1.94. The van der Waals surface area contributed by atoms with Gasteiger partial charge in [0.15, 0.2) is 0 Å². The quantitative estimate of drug-likeness (QED) is 0.732. The van der Waals surface area contributed by atoms with Crippen LogP contribution < -0.4 is 0 Å². The van der Waals surface area contributed by atoms with Crippen molar-refractivity contribution < 1.29 is 9.52 Å². The second-order valence-electron chi connectivity index (χ2n) is 3.96. The second kappa shape index (κ2) is 3.75. The maximum absolute atomic E-state index is 8.99. The van der Waals surface area contributed by atoms with E-state index in [0.29, 0.717) is 11.6 Å². The molecule has 2 aromatic heterocycles. The van der Waals surface area contributed by atoms with Crippen molar-refractivity contribution >= 4 is 11.0 Å². The van der Waals surface area contributed by atoms with Crippen molar-refractivity contribution in [1.29, 1.82) is 0 Å². The molecule has 4 heteroatoms. The number of para-hydroxylation sites is 1. The molecule has 2 heterocycles. The number of nitrogens with zero attached hydrogens (tertiary/aromatic N) is 2. The number of aliphatic hydroxyl groups is 1. The van der Waals surface area contributed by atoms with E-state index in [1.807, 2.05) is 35.8 Å². The van der Waals surface area contributed by atoms with Crippen LogP contribution in [-0.4, -0.2) is 14.7 Å². The molecule has 0 bridgehead atoms. The number of furan rings is 1. The van der Waals surface area contributed by atoms with E-state index in [4.69, 9.17) is 9.52 Å². The molecule has 0 aliphatic carbocycles. The van der Waals surface area contributed by atoms with Gasteiger partial charge in [-0.15, -0.1) is 0 Å². The predicted octanol–water partition coefficient (Wildman–Crippen LogP) is 2.42. The molecule has 0 unspecified atom stereocenters. The first-order valence-corrected chi connectivity index (χ1v) is 5.42. The monoisotopic (exact) mass is 228 g/mol. The van der Waals surface area contributed by atoms with Gasteiger partial charge in [-0.3, -0.25) is 4.57 Å². The zero-order valence-electron chi connectivity index (χ0n) is 9.42. The summed E-state index contributed by atoms with van der Waals surface area (Å²) in [5.74, 6) is 1.22. The Labute approximate surface area is 98.1 Å². The zero-order valence-corrected chi connectivity index (χ0v) is 9.42. The lowest BCUT2D eigenvalue weighted by atomic mass is 10.2.